The number of hydrogen-bond acceptors (Lipinski definition) is 2. The van der Waals surface area contributed by atoms with Gasteiger partial charge in [0.25, 0.3) is 0 Å². The minimum Gasteiger partial charge on any atom is -0.481 e. The molecule has 5 nitrogen and oxygen atoms in total. The molecule has 1 rings (SSSR count). The second-order valence-electron chi connectivity index (χ2n) is 6.35. The van der Waals surface area contributed by atoms with E-state index in [4.69, 9.17) is 0 Å². The van der Waals surface area contributed by atoms with Gasteiger partial charge < -0.3 is 15.7 Å². The van der Waals surface area contributed by atoms with E-state index in [0.29, 0.717) is 31.2 Å². The predicted molar refractivity (Wildman–Crippen MR) is 78.6 cm³/mol. The molecule has 0 aromatic carbocycles. The summed E-state index contributed by atoms with van der Waals surface area (Å²) in [7, 11) is 0. The number of nitrogens with one attached hydrogen (secondary N) is 2. The van der Waals surface area contributed by atoms with Gasteiger partial charge in [0.2, 0.25) is 0 Å². The molecule has 116 valence electrons. The Labute approximate surface area is 121 Å². The van der Waals surface area contributed by atoms with Crippen molar-refractivity contribution < 1.29 is 14.7 Å². The van der Waals surface area contributed by atoms with Gasteiger partial charge in [-0.2, -0.15) is 0 Å². The van der Waals surface area contributed by atoms with Crippen LogP contribution in [0.15, 0.2) is 0 Å². The van der Waals surface area contributed by atoms with E-state index in [1.807, 2.05) is 0 Å². The zero-order chi connectivity index (χ0) is 15.2. The van der Waals surface area contributed by atoms with Crippen molar-refractivity contribution in [1.29, 1.82) is 0 Å². The molecule has 2 amide bonds. The summed E-state index contributed by atoms with van der Waals surface area (Å²) in [5.41, 5.74) is -0.778. The van der Waals surface area contributed by atoms with Crippen LogP contribution < -0.4 is 10.6 Å². The maximum absolute atomic E-state index is 11.7. The molecule has 5 heteroatoms. The Morgan fingerprint density at radius 2 is 1.90 bits per heavy atom. The molecular formula is C15H28N2O3. The molecule has 1 saturated carbocycles. The zero-order valence-electron chi connectivity index (χ0n) is 12.9. The molecule has 0 aromatic heterocycles. The van der Waals surface area contributed by atoms with Crippen LogP contribution >= 0.6 is 0 Å². The summed E-state index contributed by atoms with van der Waals surface area (Å²) < 4.78 is 0. The molecule has 0 saturated heterocycles. The Morgan fingerprint density at radius 3 is 2.40 bits per heavy atom. The van der Waals surface area contributed by atoms with Crippen molar-refractivity contribution >= 4 is 12.0 Å². The third kappa shape index (κ3) is 4.69. The second kappa shape index (κ2) is 7.50. The highest BCUT2D eigenvalue weighted by atomic mass is 16.4. The van der Waals surface area contributed by atoms with Crippen molar-refractivity contribution in [2.45, 2.75) is 52.9 Å². The molecule has 1 unspecified atom stereocenters. The quantitative estimate of drug-likeness (QED) is 0.701. The van der Waals surface area contributed by atoms with Crippen LogP contribution in [0.25, 0.3) is 0 Å². The van der Waals surface area contributed by atoms with Gasteiger partial charge >= 0.3 is 12.0 Å². The van der Waals surface area contributed by atoms with Crippen LogP contribution in [0.5, 0.6) is 0 Å². The van der Waals surface area contributed by atoms with Crippen molar-refractivity contribution in [2.75, 3.05) is 13.1 Å². The standard InChI is InChI=1S/C15H28N2O3/c1-4-11(2)9-16-14(20)17-10-15(13(18)19)7-5-12(3)6-8-15/h11-12H,4-10H2,1-3H3,(H,18,19)(H2,16,17,20). The third-order valence-electron chi connectivity index (χ3n) is 4.58. The van der Waals surface area contributed by atoms with E-state index < -0.39 is 11.4 Å². The van der Waals surface area contributed by atoms with Crippen molar-refractivity contribution in [1.82, 2.24) is 10.6 Å². The van der Waals surface area contributed by atoms with E-state index in [1.165, 1.54) is 0 Å². The minimum absolute atomic E-state index is 0.224. The molecule has 1 aliphatic carbocycles. The summed E-state index contributed by atoms with van der Waals surface area (Å²) in [5, 5.41) is 15.0. The lowest BCUT2D eigenvalue weighted by atomic mass is 9.71. The monoisotopic (exact) mass is 284 g/mol. The van der Waals surface area contributed by atoms with Gasteiger partial charge in [-0.1, -0.05) is 27.2 Å². The Bertz CT molecular complexity index is 336. The molecule has 0 heterocycles. The molecule has 0 bridgehead atoms. The molecule has 0 aliphatic heterocycles. The number of urea groups is 1. The van der Waals surface area contributed by atoms with Crippen LogP contribution in [0, 0.1) is 17.3 Å². The third-order valence-corrected chi connectivity index (χ3v) is 4.58. The number of carboxylic acid groups (broad SMARTS) is 1. The molecule has 0 aromatic rings. The smallest absolute Gasteiger partial charge is 0.314 e. The zero-order valence-corrected chi connectivity index (χ0v) is 12.9. The number of carbonyl (C=O) groups is 2. The van der Waals surface area contributed by atoms with Gasteiger partial charge in [0.15, 0.2) is 0 Å². The first-order chi connectivity index (χ1) is 9.39. The van der Waals surface area contributed by atoms with E-state index in [9.17, 15) is 14.7 Å². The van der Waals surface area contributed by atoms with Gasteiger partial charge in [0.05, 0.1) is 5.41 Å². The minimum atomic E-state index is -0.786. The Balaban J connectivity index is 2.43. The summed E-state index contributed by atoms with van der Waals surface area (Å²) >= 11 is 0. The number of aliphatic carboxylic acids is 1. The van der Waals surface area contributed by atoms with E-state index in [-0.39, 0.29) is 12.6 Å². The largest absolute Gasteiger partial charge is 0.481 e. The first-order valence-corrected chi connectivity index (χ1v) is 7.64. The average molecular weight is 284 g/mol. The van der Waals surface area contributed by atoms with Gasteiger partial charge in [-0.3, -0.25) is 4.79 Å². The predicted octanol–water partition coefficient (Wildman–Crippen LogP) is 2.61. The van der Waals surface area contributed by atoms with Crippen molar-refractivity contribution in [3.8, 4) is 0 Å². The fourth-order valence-corrected chi connectivity index (χ4v) is 2.50. The topological polar surface area (TPSA) is 78.4 Å². The van der Waals surface area contributed by atoms with Crippen LogP contribution in [0.3, 0.4) is 0 Å². The van der Waals surface area contributed by atoms with Crippen LogP contribution in [-0.2, 0) is 4.79 Å². The number of amides is 2. The van der Waals surface area contributed by atoms with Gasteiger partial charge in [-0.15, -0.1) is 0 Å². The van der Waals surface area contributed by atoms with Gasteiger partial charge in [-0.25, -0.2) is 4.79 Å². The maximum Gasteiger partial charge on any atom is 0.314 e. The Morgan fingerprint density at radius 1 is 1.30 bits per heavy atom. The average Bonchev–Trinajstić information content (AvgIpc) is 2.44. The molecule has 0 spiro atoms. The highest BCUT2D eigenvalue weighted by molar-refractivity contribution is 5.78. The van der Waals surface area contributed by atoms with Crippen molar-refractivity contribution in [2.24, 2.45) is 17.3 Å². The van der Waals surface area contributed by atoms with Crippen molar-refractivity contribution in [3.63, 3.8) is 0 Å². The molecule has 20 heavy (non-hydrogen) atoms. The number of rotatable bonds is 6. The summed E-state index contributed by atoms with van der Waals surface area (Å²) in [4.78, 5) is 23.3. The SMILES string of the molecule is CCC(C)CNC(=O)NCC1(C(=O)O)CCC(C)CC1. The Hall–Kier alpha value is -1.26. The molecule has 3 N–H and O–H groups in total. The lowest BCUT2D eigenvalue weighted by Gasteiger charge is -2.35. The summed E-state index contributed by atoms with van der Waals surface area (Å²) in [6, 6.07) is -0.260. The fraction of sp³-hybridized carbons (Fsp3) is 0.867. The van der Waals surface area contributed by atoms with Crippen LogP contribution in [0.2, 0.25) is 0 Å². The first-order valence-electron chi connectivity index (χ1n) is 7.64. The number of hydrogen-bond donors (Lipinski definition) is 3. The molecule has 1 fully saturated rings. The summed E-state index contributed by atoms with van der Waals surface area (Å²) in [6.45, 7) is 7.15. The van der Waals surface area contributed by atoms with Gasteiger partial charge in [0, 0.05) is 13.1 Å². The molecule has 1 aliphatic rings. The lowest BCUT2D eigenvalue weighted by molar-refractivity contribution is -0.151. The fourth-order valence-electron chi connectivity index (χ4n) is 2.50. The second-order valence-corrected chi connectivity index (χ2v) is 6.35. The highest BCUT2D eigenvalue weighted by Gasteiger charge is 2.41. The lowest BCUT2D eigenvalue weighted by Crippen LogP contribution is -2.48. The number of carbonyl (C=O) groups excluding carboxylic acids is 1. The van der Waals surface area contributed by atoms with E-state index in [0.717, 1.165) is 19.3 Å². The maximum atomic E-state index is 11.7. The van der Waals surface area contributed by atoms with E-state index in [1.54, 1.807) is 0 Å². The van der Waals surface area contributed by atoms with Gasteiger partial charge in [0.1, 0.15) is 0 Å². The summed E-state index contributed by atoms with van der Waals surface area (Å²) in [5.74, 6) is 0.234. The normalized spacial score (nSPS) is 27.6. The highest BCUT2D eigenvalue weighted by Crippen LogP contribution is 2.38. The van der Waals surface area contributed by atoms with Gasteiger partial charge in [-0.05, 0) is 37.5 Å². The van der Waals surface area contributed by atoms with Crippen LogP contribution in [0.4, 0.5) is 4.79 Å². The van der Waals surface area contributed by atoms with Crippen molar-refractivity contribution in [3.05, 3.63) is 0 Å². The molecule has 0 radical (unpaired) electrons. The van der Waals surface area contributed by atoms with Crippen LogP contribution in [0.1, 0.15) is 52.9 Å². The molecule has 1 atom stereocenters. The van der Waals surface area contributed by atoms with E-state index >= 15 is 0 Å². The first kappa shape index (κ1) is 16.8. The number of carboxylic acids is 1. The Kier molecular flexibility index (Phi) is 6.30. The van der Waals surface area contributed by atoms with Crippen LogP contribution in [-0.4, -0.2) is 30.2 Å². The molecular weight excluding hydrogens is 256 g/mol. The summed E-state index contributed by atoms with van der Waals surface area (Å²) in [6.07, 6.45) is 4.15. The van der Waals surface area contributed by atoms with E-state index in [2.05, 4.69) is 31.4 Å².